The summed E-state index contributed by atoms with van der Waals surface area (Å²) >= 11 is 0. The molecule has 11 aliphatic rings. The van der Waals surface area contributed by atoms with E-state index < -0.39 is 0 Å². The van der Waals surface area contributed by atoms with Crippen LogP contribution in [0.3, 0.4) is 0 Å². The molecule has 22 heteroatoms. The third-order valence-electron chi connectivity index (χ3n) is 30.8. The van der Waals surface area contributed by atoms with Crippen molar-refractivity contribution in [1.82, 2.24) is 0 Å². The van der Waals surface area contributed by atoms with Crippen molar-refractivity contribution in [1.29, 1.82) is 0 Å². The Hall–Kier alpha value is -5.83. The van der Waals surface area contributed by atoms with Crippen LogP contribution in [0.1, 0.15) is 576 Å². The number of carbonyl (C=O) groups excluding carboxylic acids is 11. The fourth-order valence-corrected chi connectivity index (χ4v) is 22.4. The van der Waals surface area contributed by atoms with Gasteiger partial charge in [0.2, 0.25) is 0 Å². The number of hydrogen-bond donors (Lipinski definition) is 0. The molecule has 0 aromatic heterocycles. The number of hydrogen-bond acceptors (Lipinski definition) is 22. The van der Waals surface area contributed by atoms with Crippen molar-refractivity contribution >= 4 is 65.7 Å². The lowest BCUT2D eigenvalue weighted by molar-refractivity contribution is -0.157. The van der Waals surface area contributed by atoms with Gasteiger partial charge in [-0.05, 0) is 322 Å². The van der Waals surface area contributed by atoms with Crippen LogP contribution in [0.5, 0.6) is 0 Å². The fraction of sp³-hybridized carbons (Fsp3) is 0.911. The van der Waals surface area contributed by atoms with Crippen LogP contribution in [-0.2, 0) is 105 Å². The Kier molecular flexibility index (Phi) is 82.9. The molecule has 11 aliphatic carbocycles. The Labute approximate surface area is 893 Å². The zero-order valence-electron chi connectivity index (χ0n) is 98.0. The van der Waals surface area contributed by atoms with Gasteiger partial charge < -0.3 is 52.1 Å². The van der Waals surface area contributed by atoms with Crippen molar-refractivity contribution in [2.45, 2.75) is 619 Å². The van der Waals surface area contributed by atoms with Crippen LogP contribution in [-0.4, -0.2) is 135 Å². The lowest BCUT2D eigenvalue weighted by Crippen LogP contribution is -2.36. The van der Waals surface area contributed by atoms with Crippen LogP contribution in [0.4, 0.5) is 0 Å². The minimum Gasteiger partial charge on any atom is -0.466 e. The molecule has 0 bridgehead atoms. The highest BCUT2D eigenvalue weighted by Crippen LogP contribution is 2.41. The highest BCUT2D eigenvalue weighted by Gasteiger charge is 2.36. The summed E-state index contributed by atoms with van der Waals surface area (Å²) in [6.07, 6.45) is 76.6. The number of rotatable bonds is 32. The molecular formula is C124H226O22. The third kappa shape index (κ3) is 76.6. The summed E-state index contributed by atoms with van der Waals surface area (Å²) in [6, 6.07) is 0. The Balaban J connectivity index is 0.000000804. The van der Waals surface area contributed by atoms with Gasteiger partial charge in [-0.15, -0.1) is 0 Å². The van der Waals surface area contributed by atoms with Crippen molar-refractivity contribution < 1.29 is 105 Å². The quantitative estimate of drug-likeness (QED) is 0.0262. The molecule has 0 aromatic rings. The smallest absolute Gasteiger partial charge is 0.306 e. The second kappa shape index (κ2) is 87.6. The second-order valence-electron chi connectivity index (χ2n) is 47.2. The van der Waals surface area contributed by atoms with Crippen LogP contribution in [0.25, 0.3) is 0 Å². The molecule has 854 valence electrons. The van der Waals surface area contributed by atoms with Crippen molar-refractivity contribution in [3.05, 3.63) is 0 Å². The summed E-state index contributed by atoms with van der Waals surface area (Å²) in [5.41, 5.74) is 0.404. The molecule has 0 spiro atoms. The average molecular weight is 2070 g/mol. The molecule has 0 aromatic carbocycles. The zero-order valence-corrected chi connectivity index (χ0v) is 98.0. The first kappa shape index (κ1) is 138. The van der Waals surface area contributed by atoms with Gasteiger partial charge in [0.1, 0.15) is 42.7 Å². The maximum absolute atomic E-state index is 11.8. The zero-order chi connectivity index (χ0) is 109. The Morgan fingerprint density at radius 1 is 0.260 bits per heavy atom. The first-order chi connectivity index (χ1) is 69.7. The highest BCUT2D eigenvalue weighted by atomic mass is 16.6. The molecule has 0 heterocycles. The molecule has 6 unspecified atom stereocenters. The van der Waals surface area contributed by atoms with E-state index >= 15 is 0 Å². The van der Waals surface area contributed by atoms with E-state index in [0.29, 0.717) is 148 Å². The Morgan fingerprint density at radius 2 is 0.534 bits per heavy atom. The Morgan fingerprint density at radius 3 is 0.842 bits per heavy atom. The maximum Gasteiger partial charge on any atom is 0.306 e. The van der Waals surface area contributed by atoms with Crippen molar-refractivity contribution in [2.24, 2.45) is 82.3 Å². The molecule has 0 radical (unpaired) electrons. The number of carbonyl (C=O) groups is 11. The van der Waals surface area contributed by atoms with E-state index in [1.165, 1.54) is 284 Å². The van der Waals surface area contributed by atoms with Gasteiger partial charge >= 0.3 is 65.7 Å². The van der Waals surface area contributed by atoms with Crippen LogP contribution < -0.4 is 0 Å². The van der Waals surface area contributed by atoms with Gasteiger partial charge in [0.25, 0.3) is 0 Å². The normalized spacial score (nSPS) is 22.6. The number of unbranched alkanes of at least 4 members (excludes halogenated alkanes) is 2. The van der Waals surface area contributed by atoms with E-state index in [1.807, 2.05) is 48.5 Å². The fourth-order valence-electron chi connectivity index (χ4n) is 22.4. The summed E-state index contributed by atoms with van der Waals surface area (Å²) in [6.45, 7) is 46.7. The van der Waals surface area contributed by atoms with Crippen LogP contribution >= 0.6 is 0 Å². The SMILES string of the molecule is CC(=O)OC1CC(C)CCC1C(C)C.CC(=O)OC1CCC(C(C)(C)C)CC1.CC(=O)OC1CCCCCCC1.CC(C)CC(=O)OC1CC(C)CCC1C(C)C.CC(C)CC(=O)OC1CCCCC1.CCCC(=O)OC1CCCCC1.CCCCCC(=O)OC1CCCCC1.CCOC(=O)CC1CCCC1.CCOC(=O)CC1CCCCC1.CCOC(=O)CC1CCCCCC1.CCOC(=O)CCC1CCCCCC1. The molecule has 0 saturated heterocycles. The van der Waals surface area contributed by atoms with Gasteiger partial charge in [-0.1, -0.05) is 264 Å². The summed E-state index contributed by atoms with van der Waals surface area (Å²) < 4.78 is 57.2. The van der Waals surface area contributed by atoms with Gasteiger partial charge in [-0.25, -0.2) is 0 Å². The van der Waals surface area contributed by atoms with Crippen LogP contribution in [0.15, 0.2) is 0 Å². The van der Waals surface area contributed by atoms with E-state index in [1.54, 1.807) is 0 Å². The summed E-state index contributed by atoms with van der Waals surface area (Å²) in [7, 11) is 0. The van der Waals surface area contributed by atoms with E-state index in [-0.39, 0.29) is 108 Å². The summed E-state index contributed by atoms with van der Waals surface area (Å²) in [5.74, 6) is 7.50. The van der Waals surface area contributed by atoms with Crippen molar-refractivity contribution in [3.8, 4) is 0 Å². The monoisotopic (exact) mass is 2070 g/mol. The largest absolute Gasteiger partial charge is 0.466 e. The second-order valence-corrected chi connectivity index (χ2v) is 47.2. The van der Waals surface area contributed by atoms with E-state index in [0.717, 1.165) is 121 Å². The number of ether oxygens (including phenoxy) is 11. The minimum absolute atomic E-state index is 0.00519. The topological polar surface area (TPSA) is 289 Å². The average Bonchev–Trinajstić information content (AvgIpc) is 0.901. The van der Waals surface area contributed by atoms with Crippen molar-refractivity contribution in [3.63, 3.8) is 0 Å². The summed E-state index contributed by atoms with van der Waals surface area (Å²) in [4.78, 5) is 122. The Bertz CT molecular complexity index is 3230. The lowest BCUT2D eigenvalue weighted by Gasteiger charge is -2.36. The van der Waals surface area contributed by atoms with Crippen LogP contribution in [0, 0.1) is 82.3 Å². The van der Waals surface area contributed by atoms with Gasteiger partial charge in [0.15, 0.2) is 0 Å². The summed E-state index contributed by atoms with van der Waals surface area (Å²) in [5, 5.41) is 0. The maximum atomic E-state index is 11.8. The molecular weight excluding hydrogens is 1840 g/mol. The molecule has 0 amide bonds. The van der Waals surface area contributed by atoms with Gasteiger partial charge in [-0.2, -0.15) is 0 Å². The van der Waals surface area contributed by atoms with E-state index in [2.05, 4.69) is 83.1 Å². The van der Waals surface area contributed by atoms with E-state index in [4.69, 9.17) is 52.1 Å². The molecule has 0 N–H and O–H groups in total. The molecule has 11 rings (SSSR count). The predicted octanol–water partition coefficient (Wildman–Crippen LogP) is 32.7. The van der Waals surface area contributed by atoms with Gasteiger partial charge in [0, 0.05) is 72.1 Å². The van der Waals surface area contributed by atoms with E-state index in [9.17, 15) is 52.7 Å². The number of esters is 11. The lowest BCUT2D eigenvalue weighted by atomic mass is 9.72. The van der Waals surface area contributed by atoms with Crippen molar-refractivity contribution in [2.75, 3.05) is 26.4 Å². The molecule has 11 saturated carbocycles. The first-order valence-corrected chi connectivity index (χ1v) is 60.6. The molecule has 146 heavy (non-hydrogen) atoms. The molecule has 11 fully saturated rings. The molecule has 22 nitrogen and oxygen atoms in total. The van der Waals surface area contributed by atoms with Gasteiger partial charge in [-0.3, -0.25) is 52.7 Å². The van der Waals surface area contributed by atoms with Crippen LogP contribution in [0.2, 0.25) is 0 Å². The molecule has 0 aliphatic heterocycles. The standard InChI is InChI=1S/C15H28O2.4C12H22O2.2C11H20O2.3C10H18O2.C9H16O2/c1-10(2)8-15(16)17-14-9-12(5)6-7-13(14)11(3)4;1-9(13)14-11-7-5-10(6-8-11)12(2,3)4;1-8(2)11-6-5-9(3)7-12(11)14-10(4)13;1-2-14-12(13)10-9-11-7-5-3-4-6-8-11;1-2-3-5-10-12(13)14-11-8-6-4-7-9-11;1-9(2)8-11(12)13-10-6-4-3-5-7-10;1-2-13-11(12)9-10-7-5-3-4-6-8-10;1-9(11)12-10-7-5-3-2-4-6-8-10;1-2-12-10(11)8-9-6-4-3-5-7-9;1-2-6-10(11)12-9-7-4-3-5-8-9;1-2-11-9(10)7-8-5-3-4-6-8/h10-14H,6-9H2,1-5H3;10-11H,5-8H2,1-4H3;8-9,11-12H,5-7H2,1-4H3;2*11H,2-10H2,1H3;9-10H,3-8H2,1-2H3;10H,2-9H2,1H3;10H,2-8H2,1H3;2*9H,2-8H2,1H3;8H,2-7H2,1H3. The minimum atomic E-state index is -0.135. The first-order valence-electron chi connectivity index (χ1n) is 60.6. The highest BCUT2D eigenvalue weighted by molar-refractivity contribution is 5.72. The predicted molar refractivity (Wildman–Crippen MR) is 590 cm³/mol. The van der Waals surface area contributed by atoms with Gasteiger partial charge in [0.05, 0.1) is 26.4 Å². The molecule has 6 atom stereocenters. The third-order valence-corrected chi connectivity index (χ3v) is 30.8.